The number of aromatic nitrogens is 2. The molecule has 1 N–H and O–H groups in total. The number of likely N-dealkylation sites (tertiary alicyclic amines) is 1. The average Bonchev–Trinajstić information content (AvgIpc) is 3.37. The minimum absolute atomic E-state index is 0.156. The van der Waals surface area contributed by atoms with Crippen molar-refractivity contribution < 1.29 is 23.3 Å². The first kappa shape index (κ1) is 21.3. The van der Waals surface area contributed by atoms with E-state index < -0.39 is 0 Å². The Bertz CT molecular complexity index is 1120. The second-order valence-electron chi connectivity index (χ2n) is 7.63. The van der Waals surface area contributed by atoms with Crippen LogP contribution in [0.3, 0.4) is 0 Å². The molecule has 2 unspecified atom stereocenters. The van der Waals surface area contributed by atoms with Gasteiger partial charge in [0.05, 0.1) is 18.3 Å². The molecule has 10 heteroatoms. The van der Waals surface area contributed by atoms with Crippen LogP contribution in [0.4, 0.5) is 15.9 Å². The lowest BCUT2D eigenvalue weighted by Crippen LogP contribution is -2.28. The maximum Gasteiger partial charge on any atom is 0.163 e. The number of nitrogens with zero attached hydrogens (tertiary/aromatic N) is 3. The number of methoxy groups -OCH3 is 1. The van der Waals surface area contributed by atoms with Gasteiger partial charge >= 0.3 is 0 Å². The molecule has 0 aliphatic carbocycles. The molecule has 1 aromatic heterocycles. The molecule has 168 valence electrons. The van der Waals surface area contributed by atoms with E-state index in [0.29, 0.717) is 51.8 Å². The first-order chi connectivity index (χ1) is 15.6. The molecule has 0 saturated carbocycles. The molecule has 0 amide bonds. The minimum Gasteiger partial charge on any atom is -0.493 e. The molecule has 2 atom stereocenters. The number of anilines is 2. The zero-order chi connectivity index (χ0) is 22.1. The quantitative estimate of drug-likeness (QED) is 0.521. The predicted octanol–water partition coefficient (Wildman–Crippen LogP) is 3.72. The van der Waals surface area contributed by atoms with Crippen molar-refractivity contribution in [3.63, 3.8) is 0 Å². The Morgan fingerprint density at radius 1 is 1.16 bits per heavy atom. The van der Waals surface area contributed by atoms with Crippen LogP contribution in [0.2, 0.25) is 0 Å². The Morgan fingerprint density at radius 2 is 1.97 bits per heavy atom. The van der Waals surface area contributed by atoms with Gasteiger partial charge in [0.25, 0.3) is 0 Å². The van der Waals surface area contributed by atoms with Crippen molar-refractivity contribution in [3.8, 4) is 11.5 Å². The Balaban J connectivity index is 1.32. The zero-order valence-electron chi connectivity index (χ0n) is 17.4. The standard InChI is InChI=1S/C22H22BrFN4O4/c1-29-18-7-14-17(25-11-26-22(14)27-16-3-2-13(23)6-15(16)24)8-19(18)30-5-4-28-9-20-21(10-28)32-12-31-20/h2-3,6-8,11,20-21H,4-5,9-10,12H2,1H3,(H,25,26,27). The second-order valence-corrected chi connectivity index (χ2v) is 8.54. The van der Waals surface area contributed by atoms with Gasteiger partial charge in [-0.2, -0.15) is 0 Å². The Morgan fingerprint density at radius 3 is 2.72 bits per heavy atom. The van der Waals surface area contributed by atoms with Gasteiger partial charge < -0.3 is 24.3 Å². The number of hydrogen-bond acceptors (Lipinski definition) is 8. The minimum atomic E-state index is -0.389. The van der Waals surface area contributed by atoms with Gasteiger partial charge in [-0.25, -0.2) is 14.4 Å². The maximum absolute atomic E-state index is 14.3. The van der Waals surface area contributed by atoms with E-state index in [0.717, 1.165) is 19.6 Å². The van der Waals surface area contributed by atoms with Crippen LogP contribution >= 0.6 is 15.9 Å². The second kappa shape index (κ2) is 9.14. The molecule has 0 radical (unpaired) electrons. The van der Waals surface area contributed by atoms with E-state index in [2.05, 4.69) is 36.1 Å². The number of benzene rings is 2. The van der Waals surface area contributed by atoms with Crippen molar-refractivity contribution in [2.45, 2.75) is 12.2 Å². The Kier molecular flexibility index (Phi) is 6.09. The third-order valence-electron chi connectivity index (χ3n) is 5.63. The number of nitrogens with one attached hydrogen (secondary N) is 1. The van der Waals surface area contributed by atoms with E-state index in [1.165, 1.54) is 12.4 Å². The highest BCUT2D eigenvalue weighted by molar-refractivity contribution is 9.10. The van der Waals surface area contributed by atoms with Crippen molar-refractivity contribution in [1.29, 1.82) is 0 Å². The maximum atomic E-state index is 14.3. The molecular formula is C22H22BrFN4O4. The highest BCUT2D eigenvalue weighted by Crippen LogP contribution is 2.35. The summed E-state index contributed by atoms with van der Waals surface area (Å²) in [5, 5.41) is 3.73. The van der Waals surface area contributed by atoms with Crippen LogP contribution in [0, 0.1) is 5.82 Å². The predicted molar refractivity (Wildman–Crippen MR) is 120 cm³/mol. The van der Waals surface area contributed by atoms with Crippen molar-refractivity contribution in [1.82, 2.24) is 14.9 Å². The van der Waals surface area contributed by atoms with Crippen molar-refractivity contribution in [2.24, 2.45) is 0 Å². The fourth-order valence-corrected chi connectivity index (χ4v) is 4.31. The van der Waals surface area contributed by atoms with Crippen molar-refractivity contribution in [2.75, 3.05) is 45.5 Å². The smallest absolute Gasteiger partial charge is 0.163 e. The van der Waals surface area contributed by atoms with E-state index >= 15 is 0 Å². The third-order valence-corrected chi connectivity index (χ3v) is 6.12. The van der Waals surface area contributed by atoms with Gasteiger partial charge in [-0.05, 0) is 24.3 Å². The van der Waals surface area contributed by atoms with Crippen LogP contribution in [0.5, 0.6) is 11.5 Å². The van der Waals surface area contributed by atoms with Crippen molar-refractivity contribution in [3.05, 3.63) is 46.9 Å². The first-order valence-electron chi connectivity index (χ1n) is 10.2. The van der Waals surface area contributed by atoms with Gasteiger partial charge in [-0.3, -0.25) is 4.90 Å². The van der Waals surface area contributed by atoms with Crippen LogP contribution in [0.1, 0.15) is 0 Å². The van der Waals surface area contributed by atoms with Gasteiger partial charge in [0.2, 0.25) is 0 Å². The molecular weight excluding hydrogens is 483 g/mol. The van der Waals surface area contributed by atoms with Crippen LogP contribution in [-0.2, 0) is 9.47 Å². The van der Waals surface area contributed by atoms with Crippen LogP contribution < -0.4 is 14.8 Å². The molecule has 2 saturated heterocycles. The monoisotopic (exact) mass is 504 g/mol. The number of hydrogen-bond donors (Lipinski definition) is 1. The highest BCUT2D eigenvalue weighted by Gasteiger charge is 2.38. The van der Waals surface area contributed by atoms with E-state index in [1.54, 1.807) is 25.3 Å². The summed E-state index contributed by atoms with van der Waals surface area (Å²) in [6.07, 6.45) is 1.74. The normalized spacial score (nSPS) is 20.5. The molecule has 2 aliphatic rings. The number of fused-ring (bicyclic) bond motifs is 2. The molecule has 2 aliphatic heterocycles. The summed E-state index contributed by atoms with van der Waals surface area (Å²) >= 11 is 3.26. The van der Waals surface area contributed by atoms with Gasteiger partial charge in [0, 0.05) is 35.6 Å². The molecule has 0 bridgehead atoms. The molecule has 2 aromatic carbocycles. The molecule has 8 nitrogen and oxygen atoms in total. The number of halogens is 2. The fraction of sp³-hybridized carbons (Fsp3) is 0.364. The lowest BCUT2D eigenvalue weighted by Gasteiger charge is -2.18. The molecule has 5 rings (SSSR count). The molecule has 2 fully saturated rings. The molecule has 0 spiro atoms. The van der Waals surface area contributed by atoms with E-state index in [4.69, 9.17) is 18.9 Å². The zero-order valence-corrected chi connectivity index (χ0v) is 19.0. The number of rotatable bonds is 7. The summed E-state index contributed by atoms with van der Waals surface area (Å²) < 4.78 is 37.6. The summed E-state index contributed by atoms with van der Waals surface area (Å²) in [5.74, 6) is 1.23. The SMILES string of the molecule is COc1cc2c(Nc3ccc(Br)cc3F)ncnc2cc1OCCN1CC2OCOC2C1. The highest BCUT2D eigenvalue weighted by atomic mass is 79.9. The van der Waals surface area contributed by atoms with Crippen LogP contribution in [0.15, 0.2) is 41.1 Å². The van der Waals surface area contributed by atoms with E-state index in [-0.39, 0.29) is 18.0 Å². The third kappa shape index (κ3) is 4.36. The van der Waals surface area contributed by atoms with E-state index in [1.807, 2.05) is 6.07 Å². The lowest BCUT2D eigenvalue weighted by molar-refractivity contribution is 0.0140. The number of ether oxygens (including phenoxy) is 4. The van der Waals surface area contributed by atoms with Gasteiger partial charge in [0.1, 0.15) is 43.6 Å². The molecule has 32 heavy (non-hydrogen) atoms. The largest absolute Gasteiger partial charge is 0.493 e. The van der Waals surface area contributed by atoms with Crippen LogP contribution in [0.25, 0.3) is 10.9 Å². The fourth-order valence-electron chi connectivity index (χ4n) is 3.97. The molecule has 3 aromatic rings. The van der Waals surface area contributed by atoms with Crippen LogP contribution in [-0.4, -0.2) is 67.2 Å². The first-order valence-corrected chi connectivity index (χ1v) is 11.0. The summed E-state index contributed by atoms with van der Waals surface area (Å²) in [6.45, 7) is 3.32. The molecule has 3 heterocycles. The van der Waals surface area contributed by atoms with Gasteiger partial charge in [-0.15, -0.1) is 0 Å². The van der Waals surface area contributed by atoms with Gasteiger partial charge in [0.15, 0.2) is 11.5 Å². The summed E-state index contributed by atoms with van der Waals surface area (Å²) in [4.78, 5) is 10.9. The topological polar surface area (TPSA) is 78.0 Å². The lowest BCUT2D eigenvalue weighted by atomic mass is 10.2. The van der Waals surface area contributed by atoms with Crippen molar-refractivity contribution >= 4 is 38.3 Å². The Labute approximate surface area is 192 Å². The Hall–Kier alpha value is -2.53. The average molecular weight is 505 g/mol. The summed E-state index contributed by atoms with van der Waals surface area (Å²) in [7, 11) is 1.58. The summed E-state index contributed by atoms with van der Waals surface area (Å²) in [6, 6.07) is 8.40. The summed E-state index contributed by atoms with van der Waals surface area (Å²) in [5.41, 5.74) is 0.976. The van der Waals surface area contributed by atoms with Gasteiger partial charge in [-0.1, -0.05) is 15.9 Å². The van der Waals surface area contributed by atoms with E-state index in [9.17, 15) is 4.39 Å².